The third-order valence-corrected chi connectivity index (χ3v) is 5.19. The van der Waals surface area contributed by atoms with Crippen LogP contribution in [0.3, 0.4) is 0 Å². The molecule has 0 bridgehead atoms. The van der Waals surface area contributed by atoms with Gasteiger partial charge in [0, 0.05) is 18.5 Å². The van der Waals surface area contributed by atoms with Crippen molar-refractivity contribution in [2.45, 2.75) is 45.1 Å². The summed E-state index contributed by atoms with van der Waals surface area (Å²) in [4.78, 5) is 12.2. The first-order valence-corrected chi connectivity index (χ1v) is 8.99. The third-order valence-electron chi connectivity index (χ3n) is 4.33. The molecule has 1 aliphatic carbocycles. The van der Waals surface area contributed by atoms with Crippen molar-refractivity contribution < 1.29 is 4.79 Å². The van der Waals surface area contributed by atoms with Gasteiger partial charge in [-0.05, 0) is 23.6 Å². The van der Waals surface area contributed by atoms with Gasteiger partial charge < -0.3 is 5.73 Å². The average Bonchev–Trinajstić information content (AvgIpc) is 3.02. The number of nitrogens with one attached hydrogen (secondary N) is 1. The SMILES string of the molecule is NCc1ccc(C(=O)Nc2nnc(CC3CCCCC3)s2)cc1. The van der Waals surface area contributed by atoms with Crippen LogP contribution in [0.1, 0.15) is 53.0 Å². The standard InChI is InChI=1S/C17H22N4OS/c18-11-13-6-8-14(9-7-13)16(22)19-17-21-20-15(23-17)10-12-4-2-1-3-5-12/h6-9,12H,1-5,10-11,18H2,(H,19,21,22). The number of rotatable bonds is 5. The maximum Gasteiger partial charge on any atom is 0.257 e. The molecule has 1 amide bonds. The molecule has 3 N–H and O–H groups in total. The molecule has 3 rings (SSSR count). The van der Waals surface area contributed by atoms with E-state index in [1.54, 1.807) is 12.1 Å². The first kappa shape index (κ1) is 16.1. The largest absolute Gasteiger partial charge is 0.326 e. The molecule has 23 heavy (non-hydrogen) atoms. The van der Waals surface area contributed by atoms with Crippen molar-refractivity contribution in [1.29, 1.82) is 0 Å². The number of carbonyl (C=O) groups excluding carboxylic acids is 1. The lowest BCUT2D eigenvalue weighted by atomic mass is 9.87. The van der Waals surface area contributed by atoms with Crippen LogP contribution in [-0.2, 0) is 13.0 Å². The van der Waals surface area contributed by atoms with Crippen LogP contribution in [0.2, 0.25) is 0 Å². The fourth-order valence-electron chi connectivity index (χ4n) is 2.99. The van der Waals surface area contributed by atoms with Gasteiger partial charge in [-0.1, -0.05) is 55.6 Å². The lowest BCUT2D eigenvalue weighted by Gasteiger charge is -2.19. The van der Waals surface area contributed by atoms with Crippen LogP contribution in [0.15, 0.2) is 24.3 Å². The van der Waals surface area contributed by atoms with Gasteiger partial charge in [0.2, 0.25) is 5.13 Å². The average molecular weight is 330 g/mol. The zero-order valence-electron chi connectivity index (χ0n) is 13.1. The van der Waals surface area contributed by atoms with E-state index in [1.165, 1.54) is 43.4 Å². The van der Waals surface area contributed by atoms with E-state index in [-0.39, 0.29) is 5.91 Å². The van der Waals surface area contributed by atoms with Gasteiger partial charge in [-0.2, -0.15) is 0 Å². The summed E-state index contributed by atoms with van der Waals surface area (Å²) in [5.74, 6) is 0.568. The van der Waals surface area contributed by atoms with Crippen molar-refractivity contribution in [3.05, 3.63) is 40.4 Å². The summed E-state index contributed by atoms with van der Waals surface area (Å²) in [5.41, 5.74) is 7.17. The number of anilines is 1. The molecule has 0 saturated heterocycles. The molecule has 1 heterocycles. The quantitative estimate of drug-likeness (QED) is 0.880. The molecule has 1 aromatic carbocycles. The van der Waals surface area contributed by atoms with E-state index < -0.39 is 0 Å². The smallest absolute Gasteiger partial charge is 0.257 e. The molecule has 5 nitrogen and oxygen atoms in total. The highest BCUT2D eigenvalue weighted by Crippen LogP contribution is 2.28. The number of aromatic nitrogens is 2. The Morgan fingerprint density at radius 1 is 1.17 bits per heavy atom. The molecule has 2 aromatic rings. The number of benzene rings is 1. The molecule has 1 fully saturated rings. The lowest BCUT2D eigenvalue weighted by Crippen LogP contribution is -2.11. The molecular weight excluding hydrogens is 308 g/mol. The maximum absolute atomic E-state index is 12.2. The van der Waals surface area contributed by atoms with Gasteiger partial charge in [-0.3, -0.25) is 10.1 Å². The Hall–Kier alpha value is -1.79. The van der Waals surface area contributed by atoms with Gasteiger partial charge in [-0.15, -0.1) is 10.2 Å². The van der Waals surface area contributed by atoms with E-state index in [0.717, 1.165) is 22.9 Å². The molecule has 0 radical (unpaired) electrons. The highest BCUT2D eigenvalue weighted by atomic mass is 32.1. The second kappa shape index (κ2) is 7.66. The molecule has 0 atom stereocenters. The molecule has 0 spiro atoms. The van der Waals surface area contributed by atoms with Crippen LogP contribution in [0, 0.1) is 5.92 Å². The molecule has 1 aromatic heterocycles. The van der Waals surface area contributed by atoms with Gasteiger partial charge in [-0.25, -0.2) is 0 Å². The highest BCUT2D eigenvalue weighted by molar-refractivity contribution is 7.15. The number of nitrogens with zero attached hydrogens (tertiary/aromatic N) is 2. The first-order valence-electron chi connectivity index (χ1n) is 8.17. The molecule has 0 aliphatic heterocycles. The molecular formula is C17H22N4OS. The Morgan fingerprint density at radius 3 is 2.61 bits per heavy atom. The lowest BCUT2D eigenvalue weighted by molar-refractivity contribution is 0.102. The van der Waals surface area contributed by atoms with E-state index in [2.05, 4.69) is 15.5 Å². The monoisotopic (exact) mass is 330 g/mol. The van der Waals surface area contributed by atoms with Crippen molar-refractivity contribution in [2.24, 2.45) is 11.7 Å². The molecule has 6 heteroatoms. The van der Waals surface area contributed by atoms with Crippen LogP contribution in [0.25, 0.3) is 0 Å². The van der Waals surface area contributed by atoms with E-state index in [0.29, 0.717) is 17.2 Å². The molecule has 0 unspecified atom stereocenters. The summed E-state index contributed by atoms with van der Waals surface area (Å²) in [5, 5.41) is 12.7. The van der Waals surface area contributed by atoms with Crippen molar-refractivity contribution >= 4 is 22.4 Å². The zero-order chi connectivity index (χ0) is 16.1. The minimum Gasteiger partial charge on any atom is -0.326 e. The second-order valence-corrected chi connectivity index (χ2v) is 7.13. The Bertz CT molecular complexity index is 647. The van der Waals surface area contributed by atoms with Crippen molar-refractivity contribution in [1.82, 2.24) is 10.2 Å². The van der Waals surface area contributed by atoms with E-state index in [1.807, 2.05) is 12.1 Å². The van der Waals surface area contributed by atoms with Crippen molar-refractivity contribution in [3.8, 4) is 0 Å². The summed E-state index contributed by atoms with van der Waals surface area (Å²) >= 11 is 1.48. The van der Waals surface area contributed by atoms with E-state index >= 15 is 0 Å². The number of nitrogens with two attached hydrogens (primary N) is 1. The normalized spacial score (nSPS) is 15.5. The van der Waals surface area contributed by atoms with Gasteiger partial charge >= 0.3 is 0 Å². The Labute approximate surface area is 140 Å². The van der Waals surface area contributed by atoms with E-state index in [9.17, 15) is 4.79 Å². The van der Waals surface area contributed by atoms with Crippen LogP contribution in [-0.4, -0.2) is 16.1 Å². The number of hydrogen-bond acceptors (Lipinski definition) is 5. The van der Waals surface area contributed by atoms with Gasteiger partial charge in [0.25, 0.3) is 5.91 Å². The van der Waals surface area contributed by atoms with Crippen molar-refractivity contribution in [2.75, 3.05) is 5.32 Å². The second-order valence-electron chi connectivity index (χ2n) is 6.06. The summed E-state index contributed by atoms with van der Waals surface area (Å²) < 4.78 is 0. The van der Waals surface area contributed by atoms with Gasteiger partial charge in [0.05, 0.1) is 0 Å². The first-order chi connectivity index (χ1) is 11.2. The molecule has 1 aliphatic rings. The predicted octanol–water partition coefficient (Wildman–Crippen LogP) is 3.37. The van der Waals surface area contributed by atoms with Crippen LogP contribution < -0.4 is 11.1 Å². The number of carbonyl (C=O) groups is 1. The Kier molecular flexibility index (Phi) is 5.35. The molecule has 122 valence electrons. The maximum atomic E-state index is 12.2. The Balaban J connectivity index is 1.58. The van der Waals surface area contributed by atoms with E-state index in [4.69, 9.17) is 5.73 Å². The predicted molar refractivity (Wildman–Crippen MR) is 92.5 cm³/mol. The Morgan fingerprint density at radius 2 is 1.91 bits per heavy atom. The van der Waals surface area contributed by atoms with Crippen LogP contribution >= 0.6 is 11.3 Å². The minimum atomic E-state index is -0.158. The molecule has 1 saturated carbocycles. The number of hydrogen-bond donors (Lipinski definition) is 2. The third kappa shape index (κ3) is 4.36. The summed E-state index contributed by atoms with van der Waals surface area (Å²) in [6.07, 6.45) is 7.57. The van der Waals surface area contributed by atoms with Crippen molar-refractivity contribution in [3.63, 3.8) is 0 Å². The summed E-state index contributed by atoms with van der Waals surface area (Å²) in [6, 6.07) is 7.29. The van der Waals surface area contributed by atoms with Crippen LogP contribution in [0.4, 0.5) is 5.13 Å². The number of amides is 1. The summed E-state index contributed by atoms with van der Waals surface area (Å²) in [7, 11) is 0. The fourth-order valence-corrected chi connectivity index (χ4v) is 3.84. The van der Waals surface area contributed by atoms with Gasteiger partial charge in [0.1, 0.15) is 5.01 Å². The highest BCUT2D eigenvalue weighted by Gasteiger charge is 2.17. The fraction of sp³-hybridized carbons (Fsp3) is 0.471. The summed E-state index contributed by atoms with van der Waals surface area (Å²) in [6.45, 7) is 0.475. The van der Waals surface area contributed by atoms with Gasteiger partial charge in [0.15, 0.2) is 0 Å². The zero-order valence-corrected chi connectivity index (χ0v) is 13.9. The topological polar surface area (TPSA) is 80.9 Å². The van der Waals surface area contributed by atoms with Crippen LogP contribution in [0.5, 0.6) is 0 Å². The minimum absolute atomic E-state index is 0.158.